The van der Waals surface area contributed by atoms with Gasteiger partial charge in [0, 0.05) is 21.7 Å². The molecule has 3 aliphatic rings. The zero-order valence-electron chi connectivity index (χ0n) is 14.2. The fourth-order valence-corrected chi connectivity index (χ4v) is 5.74. The number of rotatable bonds is 4. The van der Waals surface area contributed by atoms with E-state index in [1.807, 2.05) is 0 Å². The van der Waals surface area contributed by atoms with Crippen LogP contribution in [0.15, 0.2) is 6.07 Å². The van der Waals surface area contributed by atoms with Gasteiger partial charge in [-0.25, -0.2) is 4.79 Å². The first-order valence-corrected chi connectivity index (χ1v) is 9.53. The molecule has 2 heterocycles. The van der Waals surface area contributed by atoms with Crippen LogP contribution in [0.3, 0.4) is 0 Å². The Balaban J connectivity index is 1.34. The molecule has 0 radical (unpaired) electrons. The Morgan fingerprint density at radius 3 is 2.83 bits per heavy atom. The van der Waals surface area contributed by atoms with E-state index in [4.69, 9.17) is 4.74 Å². The van der Waals surface area contributed by atoms with Crippen molar-refractivity contribution < 1.29 is 9.53 Å². The van der Waals surface area contributed by atoms with Gasteiger partial charge in [0.15, 0.2) is 0 Å². The molecule has 2 saturated carbocycles. The average molecular weight is 334 g/mol. The van der Waals surface area contributed by atoms with Crippen molar-refractivity contribution in [3.05, 3.63) is 21.4 Å². The molecule has 1 spiro atoms. The Kier molecular flexibility index (Phi) is 3.50. The van der Waals surface area contributed by atoms with Crippen molar-refractivity contribution >= 4 is 17.4 Å². The average Bonchev–Trinajstić information content (AvgIpc) is 2.91. The molecule has 5 heteroatoms. The van der Waals surface area contributed by atoms with Crippen LogP contribution in [-0.4, -0.2) is 24.8 Å². The van der Waals surface area contributed by atoms with Crippen LogP contribution < -0.4 is 10.6 Å². The lowest BCUT2D eigenvalue weighted by Gasteiger charge is -2.45. The predicted molar refractivity (Wildman–Crippen MR) is 91.8 cm³/mol. The summed E-state index contributed by atoms with van der Waals surface area (Å²) in [6.07, 6.45) is 4.85. The molecule has 3 atom stereocenters. The summed E-state index contributed by atoms with van der Waals surface area (Å²) in [6, 6.07) is 2.17. The summed E-state index contributed by atoms with van der Waals surface area (Å²) in [6.45, 7) is 7.94. The normalized spacial score (nSPS) is 31.3. The van der Waals surface area contributed by atoms with Crippen molar-refractivity contribution in [2.75, 3.05) is 13.2 Å². The van der Waals surface area contributed by atoms with E-state index in [1.54, 1.807) is 11.3 Å². The molecule has 126 valence electrons. The highest BCUT2D eigenvalue weighted by Gasteiger charge is 2.73. The number of carbonyl (C=O) groups is 1. The van der Waals surface area contributed by atoms with Crippen LogP contribution in [0.4, 0.5) is 4.79 Å². The van der Waals surface area contributed by atoms with Gasteiger partial charge in [0.2, 0.25) is 0 Å². The van der Waals surface area contributed by atoms with Gasteiger partial charge in [0.1, 0.15) is 0 Å². The lowest BCUT2D eigenvalue weighted by molar-refractivity contribution is -0.109. The van der Waals surface area contributed by atoms with E-state index in [1.165, 1.54) is 41.0 Å². The van der Waals surface area contributed by atoms with Gasteiger partial charge in [-0.3, -0.25) is 0 Å². The number of hydrogen-bond acceptors (Lipinski definition) is 3. The zero-order chi connectivity index (χ0) is 16.2. The molecule has 2 amide bonds. The Bertz CT molecular complexity index is 637. The molecule has 0 bridgehead atoms. The second-order valence-corrected chi connectivity index (χ2v) is 9.09. The third-order valence-corrected chi connectivity index (χ3v) is 7.30. The Labute approximate surface area is 142 Å². The number of fused-ring (bicyclic) bond motifs is 2. The van der Waals surface area contributed by atoms with E-state index in [2.05, 4.69) is 37.5 Å². The fourth-order valence-electron chi connectivity index (χ4n) is 4.72. The third kappa shape index (κ3) is 2.31. The van der Waals surface area contributed by atoms with E-state index in [0.29, 0.717) is 5.92 Å². The Hall–Kier alpha value is -1.07. The van der Waals surface area contributed by atoms with Crippen molar-refractivity contribution in [2.24, 2.45) is 11.3 Å². The van der Waals surface area contributed by atoms with E-state index >= 15 is 0 Å². The number of ether oxygens (including phenoxy) is 1. The minimum atomic E-state index is -0.0536. The van der Waals surface area contributed by atoms with E-state index in [0.717, 1.165) is 13.2 Å². The molecule has 23 heavy (non-hydrogen) atoms. The molecule has 3 fully saturated rings. The topological polar surface area (TPSA) is 50.4 Å². The second-order valence-electron chi connectivity index (χ2n) is 7.63. The van der Waals surface area contributed by atoms with Crippen molar-refractivity contribution in [1.29, 1.82) is 0 Å². The van der Waals surface area contributed by atoms with Gasteiger partial charge >= 0.3 is 6.03 Å². The monoisotopic (exact) mass is 334 g/mol. The molecule has 1 saturated heterocycles. The largest absolute Gasteiger partial charge is 0.374 e. The molecule has 2 N–H and O–H groups in total. The first-order chi connectivity index (χ1) is 11.0. The maximum Gasteiger partial charge on any atom is 0.315 e. The van der Waals surface area contributed by atoms with E-state index in [9.17, 15) is 4.79 Å². The minimum absolute atomic E-state index is 0.0462. The highest BCUT2D eigenvalue weighted by Crippen LogP contribution is 2.70. The molecule has 0 aromatic carbocycles. The van der Waals surface area contributed by atoms with Crippen LogP contribution in [0, 0.1) is 25.2 Å². The minimum Gasteiger partial charge on any atom is -0.374 e. The summed E-state index contributed by atoms with van der Waals surface area (Å²) >= 11 is 1.79. The van der Waals surface area contributed by atoms with Gasteiger partial charge in [-0.1, -0.05) is 0 Å². The molecule has 1 unspecified atom stereocenters. The van der Waals surface area contributed by atoms with Crippen molar-refractivity contribution in [1.82, 2.24) is 10.6 Å². The molecular weight excluding hydrogens is 308 g/mol. The van der Waals surface area contributed by atoms with Gasteiger partial charge in [0.25, 0.3) is 0 Å². The van der Waals surface area contributed by atoms with E-state index in [-0.39, 0.29) is 23.1 Å². The Morgan fingerprint density at radius 1 is 1.48 bits per heavy atom. The van der Waals surface area contributed by atoms with Crippen molar-refractivity contribution in [2.45, 2.75) is 58.1 Å². The lowest BCUT2D eigenvalue weighted by atomic mass is 9.68. The van der Waals surface area contributed by atoms with Crippen molar-refractivity contribution in [3.63, 3.8) is 0 Å². The molecule has 1 aromatic heterocycles. The summed E-state index contributed by atoms with van der Waals surface area (Å²) in [5.74, 6) is 0.669. The number of aryl methyl sites for hydroxylation is 2. The summed E-state index contributed by atoms with van der Waals surface area (Å²) < 4.78 is 6.07. The zero-order valence-corrected chi connectivity index (χ0v) is 15.0. The SMILES string of the molecule is Cc1cc(C(C)NC(=O)NC[C@]23C[C@H]2COC32CCC2)c(C)s1. The number of amides is 2. The maximum absolute atomic E-state index is 12.3. The third-order valence-electron chi connectivity index (χ3n) is 6.32. The molecule has 1 aromatic rings. The smallest absolute Gasteiger partial charge is 0.315 e. The van der Waals surface area contributed by atoms with Gasteiger partial charge in [-0.15, -0.1) is 11.3 Å². The van der Waals surface area contributed by atoms with Gasteiger partial charge in [0.05, 0.1) is 18.2 Å². The number of thiophene rings is 1. The molecule has 4 rings (SSSR count). The Morgan fingerprint density at radius 2 is 2.26 bits per heavy atom. The standard InChI is InChI=1S/C18H26N2O2S/c1-11-7-15(13(3)23-11)12(2)20-16(21)19-10-17-8-14(17)9-22-18(17)5-4-6-18/h7,12,14H,4-6,8-10H2,1-3H3,(H2,19,20,21)/t12?,14-,17+/m0/s1. The highest BCUT2D eigenvalue weighted by atomic mass is 32.1. The molecule has 1 aliphatic heterocycles. The van der Waals surface area contributed by atoms with Gasteiger partial charge < -0.3 is 15.4 Å². The van der Waals surface area contributed by atoms with Crippen LogP contribution in [0.5, 0.6) is 0 Å². The van der Waals surface area contributed by atoms with Crippen LogP contribution in [0.25, 0.3) is 0 Å². The van der Waals surface area contributed by atoms with Crippen LogP contribution in [-0.2, 0) is 4.74 Å². The number of carbonyl (C=O) groups excluding carboxylic acids is 1. The lowest BCUT2D eigenvalue weighted by Crippen LogP contribution is -2.51. The predicted octanol–water partition coefficient (Wildman–Crippen LogP) is 3.68. The van der Waals surface area contributed by atoms with E-state index < -0.39 is 0 Å². The second kappa shape index (κ2) is 5.21. The van der Waals surface area contributed by atoms with Crippen LogP contribution in [0.1, 0.15) is 54.0 Å². The summed E-state index contributed by atoms with van der Waals surface area (Å²) in [7, 11) is 0. The fraction of sp³-hybridized carbons (Fsp3) is 0.722. The molecular formula is C18H26N2O2S. The van der Waals surface area contributed by atoms with Gasteiger partial charge in [-0.05, 0) is 64.0 Å². The first kappa shape index (κ1) is 15.5. The summed E-state index contributed by atoms with van der Waals surface area (Å²) in [4.78, 5) is 14.9. The summed E-state index contributed by atoms with van der Waals surface area (Å²) in [5, 5.41) is 6.22. The number of urea groups is 1. The summed E-state index contributed by atoms with van der Waals surface area (Å²) in [5.41, 5.74) is 1.56. The highest BCUT2D eigenvalue weighted by molar-refractivity contribution is 7.12. The quantitative estimate of drug-likeness (QED) is 0.882. The maximum atomic E-state index is 12.3. The number of hydrogen-bond donors (Lipinski definition) is 2. The van der Waals surface area contributed by atoms with Crippen molar-refractivity contribution in [3.8, 4) is 0 Å². The molecule has 2 aliphatic carbocycles. The number of nitrogens with one attached hydrogen (secondary N) is 2. The molecule has 4 nitrogen and oxygen atoms in total. The van der Waals surface area contributed by atoms with Crippen LogP contribution >= 0.6 is 11.3 Å². The first-order valence-electron chi connectivity index (χ1n) is 8.71. The van der Waals surface area contributed by atoms with Gasteiger partial charge in [-0.2, -0.15) is 0 Å². The van der Waals surface area contributed by atoms with Crippen LogP contribution in [0.2, 0.25) is 0 Å².